The number of aryl methyl sites for hydroxylation is 1. The molecule has 18 heavy (non-hydrogen) atoms. The quantitative estimate of drug-likeness (QED) is 0.602. The van der Waals surface area contributed by atoms with Crippen molar-refractivity contribution in [1.82, 2.24) is 0 Å². The summed E-state index contributed by atoms with van der Waals surface area (Å²) >= 11 is 0. The number of hydrogen-bond acceptors (Lipinski definition) is 5. The minimum atomic E-state index is -3.94. The maximum Gasteiger partial charge on any atom is 0.336 e. The van der Waals surface area contributed by atoms with Crippen LogP contribution in [0.5, 0.6) is 0 Å². The van der Waals surface area contributed by atoms with Gasteiger partial charge in [-0.15, -0.1) is 0 Å². The van der Waals surface area contributed by atoms with E-state index >= 15 is 0 Å². The molecule has 0 aromatic heterocycles. The highest BCUT2D eigenvalue weighted by molar-refractivity contribution is 7.86. The Morgan fingerprint density at radius 1 is 1.28 bits per heavy atom. The lowest BCUT2D eigenvalue weighted by Gasteiger charge is -2.11. The molecular formula is C12H16O5S. The molecule has 0 N–H and O–H groups in total. The second-order valence-electron chi connectivity index (χ2n) is 3.76. The van der Waals surface area contributed by atoms with Gasteiger partial charge in [-0.3, -0.25) is 4.18 Å². The van der Waals surface area contributed by atoms with Crippen LogP contribution in [0.3, 0.4) is 0 Å². The third kappa shape index (κ3) is 3.82. The Morgan fingerprint density at radius 2 is 1.83 bits per heavy atom. The van der Waals surface area contributed by atoms with Gasteiger partial charge in [0.1, 0.15) is 0 Å². The smallest absolute Gasteiger partial charge is 0.336 e. The predicted molar refractivity (Wildman–Crippen MR) is 65.5 cm³/mol. The molecule has 1 aromatic rings. The first-order chi connectivity index (χ1) is 8.36. The molecule has 0 aliphatic carbocycles. The van der Waals surface area contributed by atoms with Gasteiger partial charge >= 0.3 is 5.97 Å². The first-order valence-electron chi connectivity index (χ1n) is 5.53. The van der Waals surface area contributed by atoms with Gasteiger partial charge < -0.3 is 4.74 Å². The van der Waals surface area contributed by atoms with Gasteiger partial charge in [0.25, 0.3) is 10.1 Å². The zero-order valence-electron chi connectivity index (χ0n) is 10.5. The zero-order chi connectivity index (χ0) is 13.8. The normalized spacial score (nSPS) is 13.1. The van der Waals surface area contributed by atoms with Gasteiger partial charge in [-0.1, -0.05) is 17.7 Å². The fraction of sp³-hybridized carbons (Fsp3) is 0.417. The number of ether oxygens (including phenoxy) is 1. The van der Waals surface area contributed by atoms with E-state index in [9.17, 15) is 13.2 Å². The Labute approximate surface area is 107 Å². The highest BCUT2D eigenvalue weighted by Crippen LogP contribution is 2.15. The van der Waals surface area contributed by atoms with Crippen LogP contribution in [0.1, 0.15) is 19.4 Å². The molecule has 0 radical (unpaired) electrons. The molecule has 1 atom stereocenters. The molecule has 0 bridgehead atoms. The summed E-state index contributed by atoms with van der Waals surface area (Å²) in [6, 6.07) is 6.18. The van der Waals surface area contributed by atoms with E-state index in [0.29, 0.717) is 0 Å². The molecular weight excluding hydrogens is 256 g/mol. The van der Waals surface area contributed by atoms with Gasteiger partial charge in [-0.25, -0.2) is 4.79 Å². The van der Waals surface area contributed by atoms with Crippen molar-refractivity contribution in [3.8, 4) is 0 Å². The molecule has 0 fully saturated rings. The largest absolute Gasteiger partial charge is 0.464 e. The third-order valence-corrected chi connectivity index (χ3v) is 3.59. The topological polar surface area (TPSA) is 69.7 Å². The van der Waals surface area contributed by atoms with Crippen LogP contribution in [0, 0.1) is 6.92 Å². The van der Waals surface area contributed by atoms with E-state index in [1.165, 1.54) is 19.1 Å². The molecule has 0 saturated heterocycles. The van der Waals surface area contributed by atoms with Crippen molar-refractivity contribution in [3.05, 3.63) is 29.8 Å². The molecule has 1 aromatic carbocycles. The molecule has 100 valence electrons. The number of esters is 1. The van der Waals surface area contributed by atoms with Gasteiger partial charge in [0, 0.05) is 0 Å². The summed E-state index contributed by atoms with van der Waals surface area (Å²) in [5.74, 6) is -0.701. The van der Waals surface area contributed by atoms with Gasteiger partial charge in [0.05, 0.1) is 11.5 Å². The Hall–Kier alpha value is -1.40. The number of carbonyl (C=O) groups is 1. The second kappa shape index (κ2) is 5.97. The molecule has 0 saturated carbocycles. The zero-order valence-corrected chi connectivity index (χ0v) is 11.4. The third-order valence-electron chi connectivity index (χ3n) is 2.20. The van der Waals surface area contributed by atoms with Crippen LogP contribution < -0.4 is 0 Å². The molecule has 0 unspecified atom stereocenters. The maximum atomic E-state index is 11.8. The van der Waals surface area contributed by atoms with E-state index in [1.807, 2.05) is 6.92 Å². The molecule has 1 rings (SSSR count). The van der Waals surface area contributed by atoms with Crippen molar-refractivity contribution in [2.75, 3.05) is 6.61 Å². The van der Waals surface area contributed by atoms with E-state index in [4.69, 9.17) is 4.18 Å². The van der Waals surface area contributed by atoms with Crippen LogP contribution in [-0.2, 0) is 23.8 Å². The first-order valence-corrected chi connectivity index (χ1v) is 6.94. The lowest BCUT2D eigenvalue weighted by Crippen LogP contribution is -2.26. The lowest BCUT2D eigenvalue weighted by atomic mass is 10.2. The fourth-order valence-electron chi connectivity index (χ4n) is 1.25. The summed E-state index contributed by atoms with van der Waals surface area (Å²) in [7, 11) is -3.94. The Balaban J connectivity index is 2.82. The summed E-state index contributed by atoms with van der Waals surface area (Å²) in [4.78, 5) is 11.3. The Morgan fingerprint density at radius 3 is 2.33 bits per heavy atom. The van der Waals surface area contributed by atoms with Crippen LogP contribution >= 0.6 is 0 Å². The van der Waals surface area contributed by atoms with Crippen LogP contribution in [0.15, 0.2) is 29.2 Å². The molecule has 5 nitrogen and oxygen atoms in total. The predicted octanol–water partition coefficient (Wildman–Crippen LogP) is 1.65. The van der Waals surface area contributed by atoms with Crippen molar-refractivity contribution >= 4 is 16.1 Å². The van der Waals surface area contributed by atoms with Crippen molar-refractivity contribution in [2.45, 2.75) is 31.8 Å². The van der Waals surface area contributed by atoms with Gasteiger partial charge in [-0.2, -0.15) is 8.42 Å². The van der Waals surface area contributed by atoms with E-state index < -0.39 is 22.2 Å². The average molecular weight is 272 g/mol. The van der Waals surface area contributed by atoms with Gasteiger partial charge in [0.15, 0.2) is 6.10 Å². The number of carbonyl (C=O) groups excluding carboxylic acids is 1. The van der Waals surface area contributed by atoms with Gasteiger partial charge in [-0.05, 0) is 32.9 Å². The first kappa shape index (κ1) is 14.7. The van der Waals surface area contributed by atoms with Crippen molar-refractivity contribution in [2.24, 2.45) is 0 Å². The SMILES string of the molecule is CCOC(=O)[C@@H](C)OS(=O)(=O)c1ccc(C)cc1. The molecule has 0 amide bonds. The summed E-state index contributed by atoms with van der Waals surface area (Å²) in [6.07, 6.45) is -1.16. The van der Waals surface area contributed by atoms with E-state index in [2.05, 4.69) is 4.74 Å². The van der Waals surface area contributed by atoms with E-state index in [0.717, 1.165) is 5.56 Å². The Bertz CT molecular complexity index is 504. The molecule has 0 heterocycles. The standard InChI is InChI=1S/C12H16O5S/c1-4-16-12(13)10(3)17-18(14,15)11-7-5-9(2)6-8-11/h5-8,10H,4H2,1-3H3/t10-/m1/s1. The van der Waals surface area contributed by atoms with Crippen molar-refractivity contribution < 1.29 is 22.1 Å². The molecule has 6 heteroatoms. The number of hydrogen-bond donors (Lipinski definition) is 0. The number of benzene rings is 1. The lowest BCUT2D eigenvalue weighted by molar-refractivity contribution is -0.150. The van der Waals surface area contributed by atoms with Crippen LogP contribution in [0.25, 0.3) is 0 Å². The number of rotatable bonds is 5. The fourth-order valence-corrected chi connectivity index (χ4v) is 2.29. The monoisotopic (exact) mass is 272 g/mol. The summed E-state index contributed by atoms with van der Waals surface area (Å²) in [6.45, 7) is 5.00. The molecule has 0 aliphatic rings. The maximum absolute atomic E-state index is 11.8. The van der Waals surface area contributed by atoms with Gasteiger partial charge in [0.2, 0.25) is 0 Å². The van der Waals surface area contributed by atoms with Crippen LogP contribution in [0.4, 0.5) is 0 Å². The minimum Gasteiger partial charge on any atom is -0.464 e. The minimum absolute atomic E-state index is 0.0178. The van der Waals surface area contributed by atoms with Crippen molar-refractivity contribution in [3.63, 3.8) is 0 Å². The summed E-state index contributed by atoms with van der Waals surface area (Å²) in [5.41, 5.74) is 0.937. The van der Waals surface area contributed by atoms with Crippen LogP contribution in [0.2, 0.25) is 0 Å². The highest BCUT2D eigenvalue weighted by atomic mass is 32.2. The van der Waals surface area contributed by atoms with Crippen LogP contribution in [-0.4, -0.2) is 27.1 Å². The van der Waals surface area contributed by atoms with E-state index in [-0.39, 0.29) is 11.5 Å². The Kier molecular flexibility index (Phi) is 4.86. The molecule has 0 aliphatic heterocycles. The average Bonchev–Trinajstić information content (AvgIpc) is 2.29. The van der Waals surface area contributed by atoms with E-state index in [1.54, 1.807) is 19.1 Å². The highest BCUT2D eigenvalue weighted by Gasteiger charge is 2.24. The second-order valence-corrected chi connectivity index (χ2v) is 5.33. The molecule has 0 spiro atoms. The van der Waals surface area contributed by atoms with Crippen molar-refractivity contribution in [1.29, 1.82) is 0 Å². The summed E-state index contributed by atoms with van der Waals surface area (Å²) < 4.78 is 33.1. The summed E-state index contributed by atoms with van der Waals surface area (Å²) in [5, 5.41) is 0.